The van der Waals surface area contributed by atoms with E-state index in [2.05, 4.69) is 144 Å². The zero-order valence-corrected chi connectivity index (χ0v) is 29.0. The molecule has 0 fully saturated rings. The van der Waals surface area contributed by atoms with Crippen LogP contribution in [0.25, 0.3) is 105 Å². The lowest BCUT2D eigenvalue weighted by Crippen LogP contribution is -1.97. The number of aromatic nitrogens is 4. The molecule has 54 heavy (non-hydrogen) atoms. The maximum absolute atomic E-state index is 6.48. The minimum Gasteiger partial charge on any atom is -0.456 e. The van der Waals surface area contributed by atoms with Crippen LogP contribution >= 0.6 is 0 Å². The second-order valence-electron chi connectivity index (χ2n) is 13.7. The van der Waals surface area contributed by atoms with Crippen molar-refractivity contribution in [1.82, 2.24) is 19.5 Å². The molecule has 0 aliphatic heterocycles. The van der Waals surface area contributed by atoms with E-state index in [-0.39, 0.29) is 0 Å². The van der Waals surface area contributed by atoms with Gasteiger partial charge in [0.2, 0.25) is 0 Å². The van der Waals surface area contributed by atoms with Crippen LogP contribution in [0.2, 0.25) is 0 Å². The van der Waals surface area contributed by atoms with Gasteiger partial charge in [0.25, 0.3) is 0 Å². The van der Waals surface area contributed by atoms with E-state index in [0.29, 0.717) is 5.82 Å². The quantitative estimate of drug-likeness (QED) is 0.180. The molecule has 0 N–H and O–H groups in total. The molecule has 0 spiro atoms. The summed E-state index contributed by atoms with van der Waals surface area (Å²) in [4.78, 5) is 15.0. The summed E-state index contributed by atoms with van der Waals surface area (Å²) in [6.07, 6.45) is 0. The Morgan fingerprint density at radius 2 is 1.04 bits per heavy atom. The lowest BCUT2D eigenvalue weighted by molar-refractivity contribution is 0.669. The van der Waals surface area contributed by atoms with Crippen LogP contribution in [-0.2, 0) is 0 Å². The van der Waals surface area contributed by atoms with Crippen molar-refractivity contribution in [3.8, 4) is 50.8 Å². The Morgan fingerprint density at radius 1 is 0.370 bits per heavy atom. The second-order valence-corrected chi connectivity index (χ2v) is 13.7. The lowest BCUT2D eigenvalue weighted by Gasteiger charge is -2.10. The molecule has 7 aromatic carbocycles. The van der Waals surface area contributed by atoms with Crippen LogP contribution in [-0.4, -0.2) is 19.5 Å². The van der Waals surface area contributed by atoms with Gasteiger partial charge in [0, 0.05) is 43.7 Å². The summed E-state index contributed by atoms with van der Waals surface area (Å²) >= 11 is 0. The number of furan rings is 1. The molecule has 4 aromatic heterocycles. The highest BCUT2D eigenvalue weighted by atomic mass is 16.3. The average Bonchev–Trinajstić information content (AvgIpc) is 3.77. The fourth-order valence-electron chi connectivity index (χ4n) is 7.76. The standard InChI is InChI=1S/C49H30N4O/c1-3-11-32(12-4-1)43-30-44(52-49(51-43)42-25-23-33-13-7-9-17-41(33)50-42)34-21-19-31(20-22-34)35-24-26-47-39(27-35)40-28-46-38(29-48(40)54-47)37-16-8-10-18-45(37)53(46)36-14-5-2-6-15-36/h1-30H. The molecule has 5 nitrogen and oxygen atoms in total. The van der Waals surface area contributed by atoms with Crippen LogP contribution in [0.3, 0.4) is 0 Å². The molecule has 0 saturated carbocycles. The largest absolute Gasteiger partial charge is 0.456 e. The minimum atomic E-state index is 0.596. The van der Waals surface area contributed by atoms with Crippen LogP contribution in [0, 0.1) is 0 Å². The Morgan fingerprint density at radius 3 is 1.87 bits per heavy atom. The van der Waals surface area contributed by atoms with Crippen molar-refractivity contribution >= 4 is 54.6 Å². The lowest BCUT2D eigenvalue weighted by atomic mass is 10.00. The van der Waals surface area contributed by atoms with Gasteiger partial charge in [-0.3, -0.25) is 0 Å². The molecule has 252 valence electrons. The molecule has 11 aromatic rings. The second kappa shape index (κ2) is 12.1. The number of nitrogens with zero attached hydrogens (tertiary/aromatic N) is 4. The zero-order chi connectivity index (χ0) is 35.6. The maximum Gasteiger partial charge on any atom is 0.179 e. The van der Waals surface area contributed by atoms with Crippen molar-refractivity contribution in [3.05, 3.63) is 182 Å². The van der Waals surface area contributed by atoms with Gasteiger partial charge in [-0.05, 0) is 71.8 Å². The van der Waals surface area contributed by atoms with Gasteiger partial charge in [-0.15, -0.1) is 0 Å². The third-order valence-corrected chi connectivity index (χ3v) is 10.4. The zero-order valence-electron chi connectivity index (χ0n) is 29.0. The van der Waals surface area contributed by atoms with E-state index in [4.69, 9.17) is 19.4 Å². The molecule has 0 radical (unpaired) electrons. The number of benzene rings is 7. The Balaban J connectivity index is 1.01. The van der Waals surface area contributed by atoms with Crippen LogP contribution in [0.5, 0.6) is 0 Å². The normalized spacial score (nSPS) is 11.7. The molecule has 0 bridgehead atoms. The topological polar surface area (TPSA) is 56.7 Å². The average molecular weight is 691 g/mol. The Kier molecular flexibility index (Phi) is 6.79. The number of fused-ring (bicyclic) bond motifs is 7. The fourth-order valence-corrected chi connectivity index (χ4v) is 7.76. The van der Waals surface area contributed by atoms with Gasteiger partial charge in [-0.1, -0.05) is 121 Å². The molecule has 11 rings (SSSR count). The van der Waals surface area contributed by atoms with Gasteiger partial charge in [0.05, 0.1) is 27.9 Å². The predicted octanol–water partition coefficient (Wildman–Crippen LogP) is 12.7. The first-order valence-corrected chi connectivity index (χ1v) is 18.1. The molecule has 0 aliphatic carbocycles. The molecule has 5 heteroatoms. The van der Waals surface area contributed by atoms with E-state index in [0.717, 1.165) is 83.4 Å². The number of para-hydroxylation sites is 3. The van der Waals surface area contributed by atoms with E-state index >= 15 is 0 Å². The Bertz CT molecular complexity index is 3200. The van der Waals surface area contributed by atoms with E-state index in [1.54, 1.807) is 0 Å². The number of rotatable bonds is 5. The number of hydrogen-bond donors (Lipinski definition) is 0. The first-order valence-electron chi connectivity index (χ1n) is 18.1. The van der Waals surface area contributed by atoms with Gasteiger partial charge < -0.3 is 8.98 Å². The Labute approximate surface area is 310 Å². The fraction of sp³-hybridized carbons (Fsp3) is 0. The van der Waals surface area contributed by atoms with Gasteiger partial charge in [0.15, 0.2) is 5.82 Å². The number of hydrogen-bond acceptors (Lipinski definition) is 4. The van der Waals surface area contributed by atoms with Crippen molar-refractivity contribution < 1.29 is 4.42 Å². The Hall–Kier alpha value is -7.37. The van der Waals surface area contributed by atoms with E-state index in [9.17, 15) is 0 Å². The minimum absolute atomic E-state index is 0.596. The SMILES string of the molecule is c1ccc(-c2cc(-c3ccc(-c4ccc5oc6cc7c8ccccc8n(-c8ccccc8)c7cc6c5c4)cc3)nc(-c3ccc4ccccc4n3)n2)cc1. The van der Waals surface area contributed by atoms with Gasteiger partial charge in [-0.25, -0.2) is 15.0 Å². The molecule has 0 amide bonds. The summed E-state index contributed by atoms with van der Waals surface area (Å²) in [5.41, 5.74) is 12.9. The van der Waals surface area contributed by atoms with Gasteiger partial charge in [0.1, 0.15) is 16.9 Å². The van der Waals surface area contributed by atoms with Crippen molar-refractivity contribution in [2.24, 2.45) is 0 Å². The summed E-state index contributed by atoms with van der Waals surface area (Å²) < 4.78 is 8.83. The highest BCUT2D eigenvalue weighted by Crippen LogP contribution is 2.39. The third-order valence-electron chi connectivity index (χ3n) is 10.4. The van der Waals surface area contributed by atoms with Crippen LogP contribution in [0.15, 0.2) is 186 Å². The monoisotopic (exact) mass is 690 g/mol. The molecule has 0 saturated heterocycles. The molecule has 0 unspecified atom stereocenters. The molecule has 0 atom stereocenters. The van der Waals surface area contributed by atoms with Gasteiger partial charge >= 0.3 is 0 Å². The number of pyridine rings is 1. The van der Waals surface area contributed by atoms with Crippen molar-refractivity contribution in [3.63, 3.8) is 0 Å². The summed E-state index contributed by atoms with van der Waals surface area (Å²) in [6.45, 7) is 0. The summed E-state index contributed by atoms with van der Waals surface area (Å²) in [5, 5.41) is 5.66. The molecule has 0 aliphatic rings. The maximum atomic E-state index is 6.48. The van der Waals surface area contributed by atoms with Gasteiger partial charge in [-0.2, -0.15) is 0 Å². The van der Waals surface area contributed by atoms with Crippen molar-refractivity contribution in [2.75, 3.05) is 0 Å². The summed E-state index contributed by atoms with van der Waals surface area (Å²) in [5.74, 6) is 0.596. The molecule has 4 heterocycles. The van der Waals surface area contributed by atoms with E-state index < -0.39 is 0 Å². The highest BCUT2D eigenvalue weighted by Gasteiger charge is 2.17. The predicted molar refractivity (Wildman–Crippen MR) is 221 cm³/mol. The summed E-state index contributed by atoms with van der Waals surface area (Å²) in [6, 6.07) is 63.3. The van der Waals surface area contributed by atoms with Crippen molar-refractivity contribution in [1.29, 1.82) is 0 Å². The molecular weight excluding hydrogens is 661 g/mol. The van der Waals surface area contributed by atoms with Crippen molar-refractivity contribution in [2.45, 2.75) is 0 Å². The first-order chi connectivity index (χ1) is 26.7. The highest BCUT2D eigenvalue weighted by molar-refractivity contribution is 6.17. The smallest absolute Gasteiger partial charge is 0.179 e. The van der Waals surface area contributed by atoms with Crippen LogP contribution in [0.4, 0.5) is 0 Å². The van der Waals surface area contributed by atoms with E-state index in [1.807, 2.05) is 42.5 Å². The first kappa shape index (κ1) is 30.3. The summed E-state index contributed by atoms with van der Waals surface area (Å²) in [7, 11) is 0. The van der Waals surface area contributed by atoms with Crippen LogP contribution in [0.1, 0.15) is 0 Å². The third kappa shape index (κ3) is 4.98. The van der Waals surface area contributed by atoms with Crippen LogP contribution < -0.4 is 0 Å². The molecular formula is C49H30N4O. The van der Waals surface area contributed by atoms with E-state index in [1.165, 1.54) is 16.3 Å².